The number of likely N-dealkylation sites (tertiary alicyclic amines) is 1. The van der Waals surface area contributed by atoms with Gasteiger partial charge in [0, 0.05) is 16.3 Å². The molecule has 144 valence electrons. The molecule has 1 saturated heterocycles. The number of carbonyl (C=O) groups excluding carboxylic acids is 1. The number of nitrogens with zero attached hydrogens (tertiary/aromatic N) is 3. The fourth-order valence-electron chi connectivity index (χ4n) is 2.93. The van der Waals surface area contributed by atoms with Gasteiger partial charge in [-0.3, -0.25) is 9.69 Å². The Balaban J connectivity index is 1.62. The molecule has 2 unspecified atom stereocenters. The fraction of sp³-hybridized carbons (Fsp3) is 0.167. The van der Waals surface area contributed by atoms with Gasteiger partial charge in [0.25, 0.3) is 0 Å². The highest BCUT2D eigenvalue weighted by Crippen LogP contribution is 2.41. The van der Waals surface area contributed by atoms with Gasteiger partial charge < -0.3 is 0 Å². The van der Waals surface area contributed by atoms with Crippen molar-refractivity contribution in [3.8, 4) is 0 Å². The molecule has 1 fully saturated rings. The molecule has 2 aliphatic heterocycles. The van der Waals surface area contributed by atoms with E-state index in [4.69, 9.17) is 46.4 Å². The number of alkyl halides is 1. The van der Waals surface area contributed by atoms with Crippen LogP contribution >= 0.6 is 58.2 Å². The fourth-order valence-corrected chi connectivity index (χ4v) is 4.83. The summed E-state index contributed by atoms with van der Waals surface area (Å²) >= 11 is 25.3. The van der Waals surface area contributed by atoms with Crippen LogP contribution in [0.15, 0.2) is 46.6 Å². The normalized spacial score (nSPS) is 21.9. The highest BCUT2D eigenvalue weighted by molar-refractivity contribution is 8.14. The lowest BCUT2D eigenvalue weighted by atomic mass is 9.94. The van der Waals surface area contributed by atoms with E-state index in [0.717, 1.165) is 5.56 Å². The molecule has 0 aliphatic carbocycles. The van der Waals surface area contributed by atoms with Crippen molar-refractivity contribution in [3.05, 3.63) is 68.4 Å². The van der Waals surface area contributed by atoms with E-state index in [0.29, 0.717) is 27.2 Å². The number of hydrogen-bond donors (Lipinski definition) is 0. The number of β-lactam (4-membered cyclic amide) rings is 1. The molecule has 4 nitrogen and oxygen atoms in total. The van der Waals surface area contributed by atoms with Crippen molar-refractivity contribution in [2.45, 2.75) is 11.4 Å². The van der Waals surface area contributed by atoms with Crippen LogP contribution in [0.1, 0.15) is 17.2 Å². The minimum atomic E-state index is -0.686. The molecule has 2 aliphatic rings. The van der Waals surface area contributed by atoms with Crippen LogP contribution < -0.4 is 0 Å². The Morgan fingerprint density at radius 2 is 1.79 bits per heavy atom. The third kappa shape index (κ3) is 3.53. The van der Waals surface area contributed by atoms with Gasteiger partial charge in [-0.15, -0.1) is 16.7 Å². The lowest BCUT2D eigenvalue weighted by Gasteiger charge is -2.44. The van der Waals surface area contributed by atoms with Gasteiger partial charge in [-0.1, -0.05) is 58.7 Å². The molecule has 28 heavy (non-hydrogen) atoms. The van der Waals surface area contributed by atoms with Gasteiger partial charge in [-0.05, 0) is 29.8 Å². The molecule has 1 amide bonds. The van der Waals surface area contributed by atoms with E-state index in [-0.39, 0.29) is 22.0 Å². The Bertz CT molecular complexity index is 1030. The summed E-state index contributed by atoms with van der Waals surface area (Å²) in [5, 5.41) is 8.86. The zero-order valence-corrected chi connectivity index (χ0v) is 17.7. The zero-order chi connectivity index (χ0) is 20.0. The van der Waals surface area contributed by atoms with Crippen molar-refractivity contribution in [2.24, 2.45) is 10.2 Å². The van der Waals surface area contributed by atoms with Crippen LogP contribution in [0.25, 0.3) is 0 Å². The number of benzene rings is 2. The lowest BCUT2D eigenvalue weighted by Crippen LogP contribution is -2.58. The number of carbonyl (C=O) groups is 1. The van der Waals surface area contributed by atoms with Crippen molar-refractivity contribution >= 4 is 75.0 Å². The van der Waals surface area contributed by atoms with Crippen molar-refractivity contribution in [2.75, 3.05) is 5.75 Å². The van der Waals surface area contributed by atoms with Gasteiger partial charge in [0.05, 0.1) is 21.8 Å². The molecule has 10 heteroatoms. The van der Waals surface area contributed by atoms with E-state index in [2.05, 4.69) is 10.2 Å². The maximum atomic E-state index is 13.8. The first-order valence-electron chi connectivity index (χ1n) is 8.01. The number of halogens is 5. The van der Waals surface area contributed by atoms with Gasteiger partial charge in [0.2, 0.25) is 5.91 Å². The largest absolute Gasteiger partial charge is 0.279 e. The second kappa shape index (κ2) is 7.84. The topological polar surface area (TPSA) is 45.0 Å². The van der Waals surface area contributed by atoms with Gasteiger partial charge in [-0.25, -0.2) is 4.39 Å². The molecule has 0 aromatic heterocycles. The first-order valence-corrected chi connectivity index (χ1v) is 10.6. The van der Waals surface area contributed by atoms with Gasteiger partial charge in [0.15, 0.2) is 5.17 Å². The maximum Gasteiger partial charge on any atom is 0.249 e. The second-order valence-corrected chi connectivity index (χ2v) is 8.73. The van der Waals surface area contributed by atoms with Gasteiger partial charge in [-0.2, -0.15) is 5.10 Å². The number of thioether (sulfide) groups is 1. The lowest BCUT2D eigenvalue weighted by molar-refractivity contribution is -0.138. The Morgan fingerprint density at radius 1 is 1.07 bits per heavy atom. The van der Waals surface area contributed by atoms with E-state index in [1.165, 1.54) is 28.8 Å². The smallest absolute Gasteiger partial charge is 0.249 e. The Hall–Kier alpha value is -1.31. The van der Waals surface area contributed by atoms with Crippen LogP contribution in [-0.4, -0.2) is 32.8 Å². The van der Waals surface area contributed by atoms with Crippen LogP contribution in [0.4, 0.5) is 4.39 Å². The molecule has 2 aromatic rings. The molecular formula is C18H10Cl4FN3OS. The average molecular weight is 477 g/mol. The summed E-state index contributed by atoms with van der Waals surface area (Å²) < 4.78 is 13.8. The molecule has 0 bridgehead atoms. The van der Waals surface area contributed by atoms with E-state index in [1.807, 2.05) is 12.1 Å². The van der Waals surface area contributed by atoms with Crippen molar-refractivity contribution in [1.82, 2.24) is 4.90 Å². The van der Waals surface area contributed by atoms with E-state index < -0.39 is 11.2 Å². The minimum Gasteiger partial charge on any atom is -0.279 e. The Labute approximate surface area is 184 Å². The SMILES string of the molecule is O=C1C(Cl)C(c2ccc(Cl)cc2)N1C1=NN=C(c2cc(F)c(Cl)cc2Cl)CS1. The monoisotopic (exact) mass is 475 g/mol. The highest BCUT2D eigenvalue weighted by Gasteiger charge is 2.50. The summed E-state index contributed by atoms with van der Waals surface area (Å²) in [4.78, 5) is 13.8. The number of rotatable bonds is 2. The molecule has 4 rings (SSSR count). The van der Waals surface area contributed by atoms with Crippen LogP contribution in [0, 0.1) is 5.82 Å². The summed E-state index contributed by atoms with van der Waals surface area (Å²) in [7, 11) is 0. The molecule has 2 atom stereocenters. The second-order valence-electron chi connectivity index (χ2n) is 6.07. The number of hydrogen-bond acceptors (Lipinski definition) is 4. The quantitative estimate of drug-likeness (QED) is 0.313. The first-order chi connectivity index (χ1) is 13.4. The molecule has 2 aromatic carbocycles. The third-order valence-corrected chi connectivity index (χ3v) is 6.60. The predicted molar refractivity (Wildman–Crippen MR) is 114 cm³/mol. The van der Waals surface area contributed by atoms with Crippen LogP contribution in [0.5, 0.6) is 0 Å². The number of amides is 1. The highest BCUT2D eigenvalue weighted by atomic mass is 35.5. The average Bonchev–Trinajstić information content (AvgIpc) is 2.69. The summed E-state index contributed by atoms with van der Waals surface area (Å²) in [6, 6.07) is 9.32. The van der Waals surface area contributed by atoms with Crippen molar-refractivity contribution < 1.29 is 9.18 Å². The molecule has 0 N–H and O–H groups in total. The van der Waals surface area contributed by atoms with Crippen LogP contribution in [0.2, 0.25) is 15.1 Å². The molecule has 0 saturated carbocycles. The molecule has 2 heterocycles. The van der Waals surface area contributed by atoms with Crippen LogP contribution in [-0.2, 0) is 4.79 Å². The van der Waals surface area contributed by atoms with E-state index >= 15 is 0 Å². The zero-order valence-electron chi connectivity index (χ0n) is 13.9. The third-order valence-electron chi connectivity index (χ3n) is 4.36. The molecular weight excluding hydrogens is 467 g/mol. The van der Waals surface area contributed by atoms with E-state index in [9.17, 15) is 9.18 Å². The minimum absolute atomic E-state index is 0.0628. The predicted octanol–water partition coefficient (Wildman–Crippen LogP) is 5.78. The Morgan fingerprint density at radius 3 is 2.43 bits per heavy atom. The first kappa shape index (κ1) is 20.0. The van der Waals surface area contributed by atoms with E-state index in [1.54, 1.807) is 12.1 Å². The molecule has 0 spiro atoms. The summed E-state index contributed by atoms with van der Waals surface area (Å²) in [5.41, 5.74) is 1.76. The number of amidine groups is 1. The molecule has 0 radical (unpaired) electrons. The summed E-state index contributed by atoms with van der Waals surface area (Å²) in [5.74, 6) is -0.472. The van der Waals surface area contributed by atoms with Crippen molar-refractivity contribution in [1.29, 1.82) is 0 Å². The maximum absolute atomic E-state index is 13.8. The van der Waals surface area contributed by atoms with Gasteiger partial charge >= 0.3 is 0 Å². The Kier molecular flexibility index (Phi) is 5.60. The summed E-state index contributed by atoms with van der Waals surface area (Å²) in [6.45, 7) is 0. The summed E-state index contributed by atoms with van der Waals surface area (Å²) in [6.07, 6.45) is 0. The standard InChI is InChI=1S/C18H10Cl4FN3OS/c19-9-3-1-8(2-4-9)16-15(22)17(27)26(16)18-25-24-14(7-28-18)10-5-13(23)12(21)6-11(10)20/h1-6,15-16H,7H2. The van der Waals surface area contributed by atoms with Crippen LogP contribution in [0.3, 0.4) is 0 Å². The van der Waals surface area contributed by atoms with Gasteiger partial charge in [0.1, 0.15) is 11.2 Å². The van der Waals surface area contributed by atoms with Crippen molar-refractivity contribution in [3.63, 3.8) is 0 Å².